The van der Waals surface area contributed by atoms with Crippen molar-refractivity contribution in [2.75, 3.05) is 32.3 Å². The number of carbonyl (C=O) groups is 1. The molecule has 0 aromatic heterocycles. The van der Waals surface area contributed by atoms with Gasteiger partial charge < -0.3 is 15.0 Å². The van der Waals surface area contributed by atoms with E-state index in [2.05, 4.69) is 5.32 Å². The summed E-state index contributed by atoms with van der Waals surface area (Å²) in [5.41, 5.74) is 1.10. The van der Waals surface area contributed by atoms with Crippen molar-refractivity contribution >= 4 is 29.0 Å². The third-order valence-electron chi connectivity index (χ3n) is 3.80. The van der Waals surface area contributed by atoms with Crippen LogP contribution in [0.4, 0.5) is 11.4 Å². The van der Waals surface area contributed by atoms with Crippen molar-refractivity contribution in [2.45, 2.75) is 11.4 Å². The molecule has 0 aliphatic rings. The molecule has 2 rings (SSSR count). The van der Waals surface area contributed by atoms with Gasteiger partial charge in [0.1, 0.15) is 18.0 Å². The quantitative estimate of drug-likeness (QED) is 0.418. The lowest BCUT2D eigenvalue weighted by Crippen LogP contribution is -3.08. The van der Waals surface area contributed by atoms with Gasteiger partial charge in [-0.25, -0.2) is 0 Å². The van der Waals surface area contributed by atoms with Gasteiger partial charge >= 0.3 is 0 Å². The van der Waals surface area contributed by atoms with Crippen molar-refractivity contribution in [3.63, 3.8) is 0 Å². The number of nitrogens with zero attached hydrogens (tertiary/aromatic N) is 1. The van der Waals surface area contributed by atoms with Crippen LogP contribution in [0.1, 0.15) is 5.56 Å². The molecule has 1 atom stereocenters. The number of quaternary nitrogens is 1. The molecule has 7 nitrogen and oxygen atoms in total. The number of amides is 1. The number of nitro benzene ring substituents is 1. The van der Waals surface area contributed by atoms with Gasteiger partial charge in [-0.2, -0.15) is 0 Å². The molecule has 0 fully saturated rings. The molecule has 0 saturated carbocycles. The zero-order chi connectivity index (χ0) is 19.1. The first-order chi connectivity index (χ1) is 12.4. The zero-order valence-electron chi connectivity index (χ0n) is 14.9. The summed E-state index contributed by atoms with van der Waals surface area (Å²) in [5, 5.41) is 13.8. The van der Waals surface area contributed by atoms with Crippen LogP contribution in [0.3, 0.4) is 0 Å². The van der Waals surface area contributed by atoms with Crippen LogP contribution in [0.2, 0.25) is 0 Å². The van der Waals surface area contributed by atoms with E-state index in [1.54, 1.807) is 17.8 Å². The summed E-state index contributed by atoms with van der Waals surface area (Å²) in [6.45, 7) is 0.889. The van der Waals surface area contributed by atoms with Gasteiger partial charge in [-0.05, 0) is 30.5 Å². The summed E-state index contributed by atoms with van der Waals surface area (Å²) in [5.74, 6) is 0.0858. The zero-order valence-corrected chi connectivity index (χ0v) is 15.8. The number of hydrogen-bond acceptors (Lipinski definition) is 5. The molecule has 0 spiro atoms. The Kier molecular flexibility index (Phi) is 6.99. The molecule has 26 heavy (non-hydrogen) atoms. The summed E-state index contributed by atoms with van der Waals surface area (Å²) < 4.78 is 4.99. The van der Waals surface area contributed by atoms with Gasteiger partial charge in [-0.3, -0.25) is 14.9 Å². The first kappa shape index (κ1) is 19.7. The van der Waals surface area contributed by atoms with Crippen LogP contribution in [-0.2, 0) is 11.3 Å². The second-order valence-electron chi connectivity index (χ2n) is 5.85. The standard InChI is InChI=1S/C18H21N3O4S/c1-20(11-13-4-7-15(26-3)8-5-13)12-18(22)19-16-9-6-14(25-2)10-17(16)21(23)24/h4-10H,11-12H2,1-3H3,(H,19,22)/p+1. The number of ether oxygens (including phenoxy) is 1. The van der Waals surface area contributed by atoms with Crippen LogP contribution in [0.25, 0.3) is 0 Å². The van der Waals surface area contributed by atoms with Crippen LogP contribution in [0.15, 0.2) is 47.4 Å². The molecule has 8 heteroatoms. The van der Waals surface area contributed by atoms with E-state index in [1.165, 1.54) is 24.1 Å². The molecule has 1 amide bonds. The Hall–Kier alpha value is -2.58. The van der Waals surface area contributed by atoms with Gasteiger partial charge in [0.25, 0.3) is 11.6 Å². The predicted octanol–water partition coefficient (Wildman–Crippen LogP) is 1.98. The number of nitro groups is 1. The molecule has 0 heterocycles. The van der Waals surface area contributed by atoms with Gasteiger partial charge in [0.05, 0.1) is 25.1 Å². The summed E-state index contributed by atoms with van der Waals surface area (Å²) >= 11 is 1.68. The normalized spacial score (nSPS) is 11.7. The maximum Gasteiger partial charge on any atom is 0.296 e. The highest BCUT2D eigenvalue weighted by atomic mass is 32.2. The highest BCUT2D eigenvalue weighted by Crippen LogP contribution is 2.28. The molecule has 0 radical (unpaired) electrons. The number of nitrogens with one attached hydrogen (secondary N) is 2. The summed E-state index contributed by atoms with van der Waals surface area (Å²) in [6, 6.07) is 12.5. The average Bonchev–Trinajstić information content (AvgIpc) is 2.62. The molecule has 0 bridgehead atoms. The SMILES string of the molecule is COc1ccc(NC(=O)C[NH+](C)Cc2ccc(SC)cc2)c([N+](=O)[O-])c1. The van der Waals surface area contributed by atoms with Crippen molar-refractivity contribution in [1.82, 2.24) is 0 Å². The Balaban J connectivity index is 1.98. The van der Waals surface area contributed by atoms with E-state index in [0.29, 0.717) is 12.3 Å². The lowest BCUT2D eigenvalue weighted by Gasteiger charge is -2.14. The maximum atomic E-state index is 12.3. The van der Waals surface area contributed by atoms with Gasteiger partial charge in [0, 0.05) is 10.5 Å². The molecule has 2 N–H and O–H groups in total. The lowest BCUT2D eigenvalue weighted by atomic mass is 10.2. The van der Waals surface area contributed by atoms with Gasteiger partial charge in [0.2, 0.25) is 0 Å². The Labute approximate surface area is 156 Å². The predicted molar refractivity (Wildman–Crippen MR) is 102 cm³/mol. The molecular weight excluding hydrogens is 354 g/mol. The Morgan fingerprint density at radius 2 is 1.96 bits per heavy atom. The Bertz CT molecular complexity index is 781. The third-order valence-corrected chi connectivity index (χ3v) is 4.55. The number of methoxy groups -OCH3 is 1. The fraction of sp³-hybridized carbons (Fsp3) is 0.278. The number of rotatable bonds is 8. The van der Waals surface area contributed by atoms with Crippen molar-refractivity contribution < 1.29 is 19.4 Å². The minimum absolute atomic E-state index is 0.165. The van der Waals surface area contributed by atoms with Crippen LogP contribution < -0.4 is 15.0 Å². The minimum Gasteiger partial charge on any atom is -0.496 e. The fourth-order valence-corrected chi connectivity index (χ4v) is 2.93. The van der Waals surface area contributed by atoms with E-state index in [-0.39, 0.29) is 23.8 Å². The van der Waals surface area contributed by atoms with Gasteiger partial charge in [0.15, 0.2) is 6.54 Å². The maximum absolute atomic E-state index is 12.3. The number of hydrogen-bond donors (Lipinski definition) is 2. The largest absolute Gasteiger partial charge is 0.496 e. The average molecular weight is 376 g/mol. The molecule has 1 unspecified atom stereocenters. The minimum atomic E-state index is -0.540. The van der Waals surface area contributed by atoms with Crippen LogP contribution in [-0.4, -0.2) is 37.8 Å². The molecule has 0 aliphatic carbocycles. The van der Waals surface area contributed by atoms with Crippen LogP contribution in [0.5, 0.6) is 5.75 Å². The second-order valence-corrected chi connectivity index (χ2v) is 6.73. The van der Waals surface area contributed by atoms with E-state index in [9.17, 15) is 14.9 Å². The van der Waals surface area contributed by atoms with Gasteiger partial charge in [-0.1, -0.05) is 12.1 Å². The third kappa shape index (κ3) is 5.47. The number of thioether (sulfide) groups is 1. The summed E-state index contributed by atoms with van der Waals surface area (Å²) in [7, 11) is 3.34. The lowest BCUT2D eigenvalue weighted by molar-refractivity contribution is -0.885. The first-order valence-corrected chi connectivity index (χ1v) is 9.22. The second kappa shape index (κ2) is 9.21. The van der Waals surface area contributed by atoms with E-state index in [0.717, 1.165) is 10.5 Å². The topological polar surface area (TPSA) is 85.9 Å². The molecule has 2 aromatic carbocycles. The smallest absolute Gasteiger partial charge is 0.296 e. The van der Waals surface area contributed by atoms with Crippen molar-refractivity contribution in [2.24, 2.45) is 0 Å². The molecular formula is C18H22N3O4S+. The first-order valence-electron chi connectivity index (χ1n) is 7.99. The van der Waals surface area contributed by atoms with E-state index < -0.39 is 4.92 Å². The van der Waals surface area contributed by atoms with Crippen molar-refractivity contribution in [3.05, 3.63) is 58.1 Å². The highest BCUT2D eigenvalue weighted by Gasteiger charge is 2.19. The molecule has 0 saturated heterocycles. The van der Waals surface area contributed by atoms with E-state index in [4.69, 9.17) is 4.74 Å². The number of anilines is 1. The number of benzene rings is 2. The molecule has 0 aliphatic heterocycles. The number of likely N-dealkylation sites (N-methyl/N-ethyl adjacent to an activating group) is 1. The fourth-order valence-electron chi connectivity index (χ4n) is 2.52. The van der Waals surface area contributed by atoms with Crippen LogP contribution >= 0.6 is 11.8 Å². The summed E-state index contributed by atoms with van der Waals surface area (Å²) in [6.07, 6.45) is 2.02. The Morgan fingerprint density at radius 3 is 2.54 bits per heavy atom. The van der Waals surface area contributed by atoms with Gasteiger partial charge in [-0.15, -0.1) is 11.8 Å². The monoisotopic (exact) mass is 376 g/mol. The molecule has 138 valence electrons. The highest BCUT2D eigenvalue weighted by molar-refractivity contribution is 7.98. The van der Waals surface area contributed by atoms with Crippen molar-refractivity contribution in [1.29, 1.82) is 0 Å². The Morgan fingerprint density at radius 1 is 1.27 bits per heavy atom. The number of carbonyl (C=O) groups excluding carboxylic acids is 1. The molecule has 2 aromatic rings. The van der Waals surface area contributed by atoms with Crippen LogP contribution in [0, 0.1) is 10.1 Å². The van der Waals surface area contributed by atoms with Crippen molar-refractivity contribution in [3.8, 4) is 5.75 Å². The van der Waals surface area contributed by atoms with E-state index >= 15 is 0 Å². The summed E-state index contributed by atoms with van der Waals surface area (Å²) in [4.78, 5) is 25.1. The van der Waals surface area contributed by atoms with E-state index in [1.807, 2.05) is 37.6 Å².